The highest BCUT2D eigenvalue weighted by Crippen LogP contribution is 2.29. The second-order valence-electron chi connectivity index (χ2n) is 6.44. The number of aryl methyl sites for hydroxylation is 1. The first kappa shape index (κ1) is 20.3. The predicted octanol–water partition coefficient (Wildman–Crippen LogP) is 5.88. The van der Waals surface area contributed by atoms with Gasteiger partial charge in [-0.1, -0.05) is 41.4 Å². The molecule has 0 aliphatic carbocycles. The van der Waals surface area contributed by atoms with E-state index >= 15 is 0 Å². The number of halogens is 1. The largest absolute Gasteiger partial charge is 0.496 e. The summed E-state index contributed by atoms with van der Waals surface area (Å²) in [5.41, 5.74) is 3.85. The van der Waals surface area contributed by atoms with Crippen molar-refractivity contribution in [2.24, 2.45) is 0 Å². The van der Waals surface area contributed by atoms with E-state index in [0.29, 0.717) is 17.1 Å². The SMILES string of the molecule is COc1ccc(C(=O)NCc2ccc(Cl)cc2)cc1CSc1ccc(C)cc1. The van der Waals surface area contributed by atoms with Gasteiger partial charge >= 0.3 is 0 Å². The summed E-state index contributed by atoms with van der Waals surface area (Å²) >= 11 is 7.62. The molecule has 0 aliphatic rings. The van der Waals surface area contributed by atoms with Crippen LogP contribution in [-0.2, 0) is 12.3 Å². The van der Waals surface area contributed by atoms with Crippen LogP contribution in [0.1, 0.15) is 27.0 Å². The number of ether oxygens (including phenoxy) is 1. The fourth-order valence-corrected chi connectivity index (χ4v) is 3.72. The number of amides is 1. The van der Waals surface area contributed by atoms with Crippen LogP contribution >= 0.6 is 23.4 Å². The van der Waals surface area contributed by atoms with Crippen molar-refractivity contribution < 1.29 is 9.53 Å². The second-order valence-corrected chi connectivity index (χ2v) is 7.92. The Labute approximate surface area is 175 Å². The van der Waals surface area contributed by atoms with Gasteiger partial charge in [-0.15, -0.1) is 11.8 Å². The van der Waals surface area contributed by atoms with E-state index in [-0.39, 0.29) is 5.91 Å². The molecule has 3 rings (SSSR count). The molecule has 0 spiro atoms. The summed E-state index contributed by atoms with van der Waals surface area (Å²) in [6, 6.07) is 21.4. The molecule has 0 saturated heterocycles. The summed E-state index contributed by atoms with van der Waals surface area (Å²) in [6.07, 6.45) is 0. The van der Waals surface area contributed by atoms with Crippen LogP contribution in [0.4, 0.5) is 0 Å². The molecule has 28 heavy (non-hydrogen) atoms. The molecule has 1 N–H and O–H groups in total. The maximum Gasteiger partial charge on any atom is 0.251 e. The number of methoxy groups -OCH3 is 1. The summed E-state index contributed by atoms with van der Waals surface area (Å²) < 4.78 is 5.47. The molecular weight excluding hydrogens is 390 g/mol. The first-order valence-electron chi connectivity index (χ1n) is 8.94. The lowest BCUT2D eigenvalue weighted by molar-refractivity contribution is 0.0951. The Balaban J connectivity index is 1.67. The zero-order chi connectivity index (χ0) is 19.9. The van der Waals surface area contributed by atoms with E-state index in [9.17, 15) is 4.79 Å². The predicted molar refractivity (Wildman–Crippen MR) is 116 cm³/mol. The van der Waals surface area contributed by atoms with Crippen molar-refractivity contribution in [3.8, 4) is 5.75 Å². The summed E-state index contributed by atoms with van der Waals surface area (Å²) in [5, 5.41) is 3.63. The van der Waals surface area contributed by atoms with E-state index in [1.165, 1.54) is 10.5 Å². The fraction of sp³-hybridized carbons (Fsp3) is 0.174. The van der Waals surface area contributed by atoms with Crippen LogP contribution in [0.2, 0.25) is 5.02 Å². The average Bonchev–Trinajstić information content (AvgIpc) is 2.72. The lowest BCUT2D eigenvalue weighted by Gasteiger charge is -2.11. The van der Waals surface area contributed by atoms with E-state index in [1.807, 2.05) is 36.4 Å². The molecule has 0 aliphatic heterocycles. The highest BCUT2D eigenvalue weighted by Gasteiger charge is 2.11. The van der Waals surface area contributed by atoms with Crippen LogP contribution in [0.15, 0.2) is 71.6 Å². The molecule has 0 bridgehead atoms. The van der Waals surface area contributed by atoms with E-state index in [4.69, 9.17) is 16.3 Å². The van der Waals surface area contributed by atoms with E-state index in [1.54, 1.807) is 24.9 Å². The lowest BCUT2D eigenvalue weighted by atomic mass is 10.1. The van der Waals surface area contributed by atoms with Gasteiger partial charge in [-0.2, -0.15) is 0 Å². The number of rotatable bonds is 7. The maximum absolute atomic E-state index is 12.6. The molecule has 3 aromatic rings. The Morgan fingerprint density at radius 2 is 1.75 bits per heavy atom. The van der Waals surface area contributed by atoms with E-state index < -0.39 is 0 Å². The molecule has 0 saturated carbocycles. The van der Waals surface area contributed by atoms with E-state index in [2.05, 4.69) is 36.5 Å². The van der Waals surface area contributed by atoms with Crippen LogP contribution in [0.3, 0.4) is 0 Å². The van der Waals surface area contributed by atoms with Crippen molar-refractivity contribution in [3.63, 3.8) is 0 Å². The van der Waals surface area contributed by atoms with Gasteiger partial charge in [-0.3, -0.25) is 4.79 Å². The zero-order valence-electron chi connectivity index (χ0n) is 15.9. The molecule has 1 amide bonds. The molecule has 0 atom stereocenters. The highest BCUT2D eigenvalue weighted by atomic mass is 35.5. The number of hydrogen-bond acceptors (Lipinski definition) is 3. The van der Waals surface area contributed by atoms with Gasteiger partial charge in [0, 0.05) is 33.3 Å². The van der Waals surface area contributed by atoms with Gasteiger partial charge in [-0.25, -0.2) is 0 Å². The summed E-state index contributed by atoms with van der Waals surface area (Å²) in [7, 11) is 1.65. The van der Waals surface area contributed by atoms with Crippen molar-refractivity contribution in [1.29, 1.82) is 0 Å². The van der Waals surface area contributed by atoms with Crippen LogP contribution in [0.5, 0.6) is 5.75 Å². The third kappa shape index (κ3) is 5.54. The number of nitrogens with one attached hydrogen (secondary N) is 1. The van der Waals surface area contributed by atoms with Crippen molar-refractivity contribution >= 4 is 29.3 Å². The van der Waals surface area contributed by atoms with Crippen molar-refractivity contribution in [2.75, 3.05) is 7.11 Å². The van der Waals surface area contributed by atoms with Gasteiger partial charge in [0.25, 0.3) is 5.91 Å². The Kier molecular flexibility index (Phi) is 7.01. The van der Waals surface area contributed by atoms with Gasteiger partial charge in [-0.05, 0) is 55.0 Å². The molecule has 3 nitrogen and oxygen atoms in total. The minimum Gasteiger partial charge on any atom is -0.496 e. The number of carbonyl (C=O) groups is 1. The quantitative estimate of drug-likeness (QED) is 0.493. The monoisotopic (exact) mass is 411 g/mol. The highest BCUT2D eigenvalue weighted by molar-refractivity contribution is 7.98. The van der Waals surface area contributed by atoms with Gasteiger partial charge in [0.15, 0.2) is 0 Å². The number of thioether (sulfide) groups is 1. The maximum atomic E-state index is 12.6. The normalized spacial score (nSPS) is 10.5. The number of hydrogen-bond donors (Lipinski definition) is 1. The van der Waals surface area contributed by atoms with Crippen LogP contribution in [0.25, 0.3) is 0 Å². The summed E-state index contributed by atoms with van der Waals surface area (Å²) in [5.74, 6) is 1.40. The number of benzene rings is 3. The lowest BCUT2D eigenvalue weighted by Crippen LogP contribution is -2.22. The van der Waals surface area contributed by atoms with Gasteiger partial charge < -0.3 is 10.1 Å². The van der Waals surface area contributed by atoms with Gasteiger partial charge in [0.2, 0.25) is 0 Å². The fourth-order valence-electron chi connectivity index (χ4n) is 2.71. The van der Waals surface area contributed by atoms with Gasteiger partial charge in [0.1, 0.15) is 5.75 Å². The molecule has 0 radical (unpaired) electrons. The molecule has 5 heteroatoms. The molecule has 3 aromatic carbocycles. The third-order valence-corrected chi connectivity index (χ3v) is 5.64. The molecule has 0 unspecified atom stereocenters. The first-order chi connectivity index (χ1) is 13.5. The first-order valence-corrected chi connectivity index (χ1v) is 10.3. The molecule has 0 fully saturated rings. The van der Waals surface area contributed by atoms with Crippen LogP contribution in [0, 0.1) is 6.92 Å². The zero-order valence-corrected chi connectivity index (χ0v) is 17.4. The minimum atomic E-state index is -0.112. The summed E-state index contributed by atoms with van der Waals surface area (Å²) in [4.78, 5) is 13.7. The topological polar surface area (TPSA) is 38.3 Å². The van der Waals surface area contributed by atoms with Gasteiger partial charge in [0.05, 0.1) is 7.11 Å². The average molecular weight is 412 g/mol. The second kappa shape index (κ2) is 9.67. The van der Waals surface area contributed by atoms with Crippen molar-refractivity contribution in [1.82, 2.24) is 5.32 Å². The molecule has 0 aromatic heterocycles. The Bertz CT molecular complexity index is 940. The standard InChI is InChI=1S/C23H22ClNO2S/c1-16-3-10-21(11-4-16)28-15-19-13-18(7-12-22(19)27-2)23(26)25-14-17-5-8-20(24)9-6-17/h3-13H,14-15H2,1-2H3,(H,25,26). The van der Waals surface area contributed by atoms with Crippen LogP contribution < -0.4 is 10.1 Å². The third-order valence-electron chi connectivity index (χ3n) is 4.32. The smallest absolute Gasteiger partial charge is 0.251 e. The minimum absolute atomic E-state index is 0.112. The molecular formula is C23H22ClNO2S. The molecule has 0 heterocycles. The van der Waals surface area contributed by atoms with Crippen LogP contribution in [-0.4, -0.2) is 13.0 Å². The van der Waals surface area contributed by atoms with E-state index in [0.717, 1.165) is 22.6 Å². The Morgan fingerprint density at radius 1 is 1.04 bits per heavy atom. The van der Waals surface area contributed by atoms with Crippen molar-refractivity contribution in [2.45, 2.75) is 24.1 Å². The summed E-state index contributed by atoms with van der Waals surface area (Å²) in [6.45, 7) is 2.53. The number of carbonyl (C=O) groups excluding carboxylic acids is 1. The Morgan fingerprint density at radius 3 is 2.43 bits per heavy atom. The van der Waals surface area contributed by atoms with Crippen molar-refractivity contribution in [3.05, 3.63) is 94.0 Å². The Hall–Kier alpha value is -2.43. The molecule has 144 valence electrons.